The molecule has 0 aromatic carbocycles. The summed E-state index contributed by atoms with van der Waals surface area (Å²) in [6.45, 7) is 6.51. The molecule has 6 nitrogen and oxygen atoms in total. The monoisotopic (exact) mass is 367 g/mol. The van der Waals surface area contributed by atoms with Gasteiger partial charge in [0, 0.05) is 35.8 Å². The highest BCUT2D eigenvalue weighted by atomic mass is 16.5. The maximum absolute atomic E-state index is 12.8. The van der Waals surface area contributed by atoms with Crippen LogP contribution < -0.4 is 4.74 Å². The Morgan fingerprint density at radius 1 is 1.30 bits per heavy atom. The van der Waals surface area contributed by atoms with Gasteiger partial charge in [-0.25, -0.2) is 4.98 Å². The largest absolute Gasteiger partial charge is 0.478 e. The number of pyridine rings is 2. The smallest absolute Gasteiger partial charge is 0.254 e. The molecule has 2 aromatic rings. The van der Waals surface area contributed by atoms with Gasteiger partial charge in [-0.05, 0) is 50.8 Å². The summed E-state index contributed by atoms with van der Waals surface area (Å²) in [5.74, 6) is 1.12. The average Bonchev–Trinajstić information content (AvgIpc) is 3.04. The molecule has 2 aliphatic heterocycles. The molecule has 2 saturated heterocycles. The summed E-state index contributed by atoms with van der Waals surface area (Å²) < 4.78 is 11.8. The van der Waals surface area contributed by atoms with Crippen LogP contribution in [0.3, 0.4) is 0 Å². The standard InChI is InChI=1S/C21H25N3O3/c1-15-11-17(12-16(2)23-15)20(25)24-13-21(14-24)18(7-10-27-21)6-9-26-19-5-3-4-8-22-19/h3-5,8,11-12,18H,6-7,9-10,13-14H2,1-2H3/t18-/m0/s1. The van der Waals surface area contributed by atoms with Crippen LogP contribution in [0, 0.1) is 19.8 Å². The number of ether oxygens (including phenoxy) is 2. The van der Waals surface area contributed by atoms with Crippen LogP contribution in [0.25, 0.3) is 0 Å². The second-order valence-electron chi connectivity index (χ2n) is 7.50. The maximum Gasteiger partial charge on any atom is 0.254 e. The summed E-state index contributed by atoms with van der Waals surface area (Å²) in [6, 6.07) is 9.37. The van der Waals surface area contributed by atoms with Gasteiger partial charge >= 0.3 is 0 Å². The second kappa shape index (κ2) is 7.27. The average molecular weight is 367 g/mol. The zero-order valence-electron chi connectivity index (χ0n) is 15.9. The first-order valence-electron chi connectivity index (χ1n) is 9.48. The predicted octanol–water partition coefficient (Wildman–Crippen LogP) is 2.79. The van der Waals surface area contributed by atoms with Crippen LogP contribution in [0.4, 0.5) is 0 Å². The van der Waals surface area contributed by atoms with Crippen LogP contribution in [0.5, 0.6) is 5.88 Å². The van der Waals surface area contributed by atoms with E-state index in [-0.39, 0.29) is 11.5 Å². The lowest BCUT2D eigenvalue weighted by molar-refractivity contribution is -0.119. The molecule has 27 heavy (non-hydrogen) atoms. The fourth-order valence-corrected chi connectivity index (χ4v) is 4.16. The third-order valence-electron chi connectivity index (χ3n) is 5.49. The molecular weight excluding hydrogens is 342 g/mol. The van der Waals surface area contributed by atoms with Gasteiger partial charge in [0.25, 0.3) is 5.91 Å². The van der Waals surface area contributed by atoms with Crippen molar-refractivity contribution in [2.45, 2.75) is 32.3 Å². The van der Waals surface area contributed by atoms with E-state index in [0.29, 0.717) is 37.1 Å². The molecule has 1 spiro atoms. The number of carbonyl (C=O) groups is 1. The fourth-order valence-electron chi connectivity index (χ4n) is 4.16. The zero-order valence-corrected chi connectivity index (χ0v) is 15.9. The Labute approximate surface area is 159 Å². The van der Waals surface area contributed by atoms with E-state index in [0.717, 1.165) is 30.8 Å². The van der Waals surface area contributed by atoms with Gasteiger partial charge in [0.1, 0.15) is 5.60 Å². The van der Waals surface area contributed by atoms with Gasteiger partial charge in [0.05, 0.1) is 19.7 Å². The van der Waals surface area contributed by atoms with Crippen molar-refractivity contribution in [2.24, 2.45) is 5.92 Å². The van der Waals surface area contributed by atoms with Crippen molar-refractivity contribution >= 4 is 5.91 Å². The Kier molecular flexibility index (Phi) is 4.83. The molecule has 0 N–H and O–H groups in total. The number of carbonyl (C=O) groups excluding carboxylic acids is 1. The lowest BCUT2D eigenvalue weighted by atomic mass is 9.79. The molecule has 2 fully saturated rings. The fraction of sp³-hybridized carbons (Fsp3) is 0.476. The molecule has 0 radical (unpaired) electrons. The summed E-state index contributed by atoms with van der Waals surface area (Å²) in [7, 11) is 0. The highest BCUT2D eigenvalue weighted by Crippen LogP contribution is 2.42. The van der Waals surface area contributed by atoms with E-state index in [1.807, 2.05) is 49.1 Å². The molecule has 4 rings (SSSR count). The van der Waals surface area contributed by atoms with Crippen LogP contribution >= 0.6 is 0 Å². The van der Waals surface area contributed by atoms with E-state index in [1.54, 1.807) is 6.20 Å². The number of rotatable bonds is 5. The van der Waals surface area contributed by atoms with E-state index in [4.69, 9.17) is 9.47 Å². The molecule has 0 aliphatic carbocycles. The van der Waals surface area contributed by atoms with Gasteiger partial charge < -0.3 is 14.4 Å². The van der Waals surface area contributed by atoms with E-state index >= 15 is 0 Å². The minimum atomic E-state index is -0.208. The SMILES string of the molecule is Cc1cc(C(=O)N2CC3(C2)OCC[C@@H]3CCOc2ccccn2)cc(C)n1. The Hall–Kier alpha value is -2.47. The highest BCUT2D eigenvalue weighted by molar-refractivity contribution is 5.95. The summed E-state index contributed by atoms with van der Waals surface area (Å²) in [5, 5.41) is 0. The lowest BCUT2D eigenvalue weighted by Crippen LogP contribution is -2.66. The van der Waals surface area contributed by atoms with Crippen molar-refractivity contribution in [1.82, 2.24) is 14.9 Å². The van der Waals surface area contributed by atoms with Crippen molar-refractivity contribution in [3.8, 4) is 5.88 Å². The highest BCUT2D eigenvalue weighted by Gasteiger charge is 2.54. The third kappa shape index (κ3) is 3.67. The number of amides is 1. The first-order valence-corrected chi connectivity index (χ1v) is 9.48. The van der Waals surface area contributed by atoms with Gasteiger partial charge in [-0.15, -0.1) is 0 Å². The van der Waals surface area contributed by atoms with Crippen molar-refractivity contribution in [2.75, 3.05) is 26.3 Å². The van der Waals surface area contributed by atoms with Crippen molar-refractivity contribution in [3.63, 3.8) is 0 Å². The van der Waals surface area contributed by atoms with E-state index in [2.05, 4.69) is 9.97 Å². The van der Waals surface area contributed by atoms with Gasteiger partial charge in [-0.3, -0.25) is 9.78 Å². The number of hydrogen-bond acceptors (Lipinski definition) is 5. The van der Waals surface area contributed by atoms with Crippen LogP contribution in [0.15, 0.2) is 36.5 Å². The van der Waals surface area contributed by atoms with Gasteiger partial charge in [-0.2, -0.15) is 0 Å². The number of aromatic nitrogens is 2. The van der Waals surface area contributed by atoms with Crippen LogP contribution in [-0.4, -0.2) is 52.7 Å². The molecule has 0 bridgehead atoms. The first-order chi connectivity index (χ1) is 13.1. The summed E-state index contributed by atoms with van der Waals surface area (Å²) in [5.41, 5.74) is 2.24. The molecule has 0 saturated carbocycles. The summed E-state index contributed by atoms with van der Waals surface area (Å²) in [4.78, 5) is 23.2. The molecule has 4 heterocycles. The normalized spacial score (nSPS) is 20.5. The molecule has 0 unspecified atom stereocenters. The van der Waals surface area contributed by atoms with Gasteiger partial charge in [0.15, 0.2) is 0 Å². The number of nitrogens with zero attached hydrogens (tertiary/aromatic N) is 3. The Bertz CT molecular complexity index is 798. The van der Waals surface area contributed by atoms with Gasteiger partial charge in [-0.1, -0.05) is 6.07 Å². The maximum atomic E-state index is 12.8. The van der Waals surface area contributed by atoms with Crippen molar-refractivity contribution < 1.29 is 14.3 Å². The van der Waals surface area contributed by atoms with Crippen molar-refractivity contribution in [3.05, 3.63) is 53.5 Å². The first kappa shape index (κ1) is 17.9. The topological polar surface area (TPSA) is 64.6 Å². The Balaban J connectivity index is 1.34. The van der Waals surface area contributed by atoms with Crippen LogP contribution in [-0.2, 0) is 4.74 Å². The molecular formula is C21H25N3O3. The Morgan fingerprint density at radius 3 is 2.78 bits per heavy atom. The molecule has 2 aliphatic rings. The summed E-state index contributed by atoms with van der Waals surface area (Å²) >= 11 is 0. The Morgan fingerprint density at radius 2 is 2.07 bits per heavy atom. The molecule has 1 amide bonds. The molecule has 142 valence electrons. The molecule has 2 aromatic heterocycles. The second-order valence-corrected chi connectivity index (χ2v) is 7.50. The van der Waals surface area contributed by atoms with E-state index < -0.39 is 0 Å². The third-order valence-corrected chi connectivity index (χ3v) is 5.49. The molecule has 6 heteroatoms. The minimum Gasteiger partial charge on any atom is -0.478 e. The van der Waals surface area contributed by atoms with Crippen LogP contribution in [0.2, 0.25) is 0 Å². The predicted molar refractivity (Wildman–Crippen MR) is 101 cm³/mol. The number of hydrogen-bond donors (Lipinski definition) is 0. The van der Waals surface area contributed by atoms with E-state index in [1.165, 1.54) is 0 Å². The number of aryl methyl sites for hydroxylation is 2. The van der Waals surface area contributed by atoms with Crippen molar-refractivity contribution in [1.29, 1.82) is 0 Å². The van der Waals surface area contributed by atoms with Crippen LogP contribution in [0.1, 0.15) is 34.6 Å². The molecule has 1 atom stereocenters. The zero-order chi connectivity index (χ0) is 18.9. The van der Waals surface area contributed by atoms with E-state index in [9.17, 15) is 4.79 Å². The summed E-state index contributed by atoms with van der Waals surface area (Å²) in [6.07, 6.45) is 3.65. The lowest BCUT2D eigenvalue weighted by Gasteiger charge is -2.50. The quantitative estimate of drug-likeness (QED) is 0.813. The van der Waals surface area contributed by atoms with Gasteiger partial charge in [0.2, 0.25) is 5.88 Å². The number of likely N-dealkylation sites (tertiary alicyclic amines) is 1. The minimum absolute atomic E-state index is 0.0632.